The first kappa shape index (κ1) is 15.0. The summed E-state index contributed by atoms with van der Waals surface area (Å²) < 4.78 is 0. The molecule has 4 nitrogen and oxygen atoms in total. The number of rotatable bonds is 3. The zero-order valence-electron chi connectivity index (χ0n) is 13.1. The Kier molecular flexibility index (Phi) is 3.91. The first-order valence-electron chi connectivity index (χ1n) is 7.55. The van der Waals surface area contributed by atoms with Crippen molar-refractivity contribution in [2.24, 2.45) is 0 Å². The number of Topliss-reactive ketones (excluding diaryl/α,β-unsaturated/α-hetero) is 1. The summed E-state index contributed by atoms with van der Waals surface area (Å²) >= 11 is 1.70. The van der Waals surface area contributed by atoms with Gasteiger partial charge in [-0.1, -0.05) is 6.07 Å². The molecule has 2 aromatic heterocycles. The topological polar surface area (TPSA) is 53.2 Å². The highest BCUT2D eigenvalue weighted by atomic mass is 32.1. The first-order valence-corrected chi connectivity index (χ1v) is 8.43. The van der Waals surface area contributed by atoms with E-state index in [9.17, 15) is 9.59 Å². The molecule has 1 N–H and O–H groups in total. The predicted molar refractivity (Wildman–Crippen MR) is 87.6 cm³/mol. The van der Waals surface area contributed by atoms with E-state index in [0.29, 0.717) is 11.3 Å². The van der Waals surface area contributed by atoms with Crippen LogP contribution in [0.5, 0.6) is 0 Å². The number of aromatic amines is 1. The number of likely N-dealkylation sites (tertiary alicyclic amines) is 1. The lowest BCUT2D eigenvalue weighted by Crippen LogP contribution is -2.31. The van der Waals surface area contributed by atoms with Gasteiger partial charge in [0.2, 0.25) is 0 Å². The Morgan fingerprint density at radius 1 is 1.36 bits per heavy atom. The van der Waals surface area contributed by atoms with E-state index in [2.05, 4.69) is 11.1 Å². The molecule has 5 heteroatoms. The van der Waals surface area contributed by atoms with Crippen molar-refractivity contribution in [1.82, 2.24) is 9.88 Å². The van der Waals surface area contributed by atoms with Crippen LogP contribution in [0.25, 0.3) is 0 Å². The third kappa shape index (κ3) is 2.39. The van der Waals surface area contributed by atoms with Crippen molar-refractivity contribution in [3.63, 3.8) is 0 Å². The summed E-state index contributed by atoms with van der Waals surface area (Å²) in [5, 5.41) is 2.05. The van der Waals surface area contributed by atoms with Crippen molar-refractivity contribution in [3.8, 4) is 0 Å². The zero-order valence-corrected chi connectivity index (χ0v) is 13.9. The normalized spacial score (nSPS) is 18.0. The van der Waals surface area contributed by atoms with Gasteiger partial charge in [-0.25, -0.2) is 0 Å². The summed E-state index contributed by atoms with van der Waals surface area (Å²) in [6, 6.07) is 4.28. The number of carbonyl (C=O) groups is 2. The number of ketones is 1. The minimum absolute atomic E-state index is 0.00142. The van der Waals surface area contributed by atoms with Gasteiger partial charge in [0.15, 0.2) is 5.78 Å². The summed E-state index contributed by atoms with van der Waals surface area (Å²) in [7, 11) is 0. The fourth-order valence-corrected chi connectivity index (χ4v) is 4.30. The second-order valence-electron chi connectivity index (χ2n) is 5.85. The van der Waals surface area contributed by atoms with Crippen LogP contribution in [0.2, 0.25) is 0 Å². The third-order valence-corrected chi connectivity index (χ3v) is 5.36. The molecular weight excluding hydrogens is 296 g/mol. The van der Waals surface area contributed by atoms with E-state index >= 15 is 0 Å². The molecular formula is C17H20N2O2S. The number of aryl methyl sites for hydroxylation is 1. The minimum atomic E-state index is 0.00142. The lowest BCUT2D eigenvalue weighted by Gasteiger charge is -2.23. The van der Waals surface area contributed by atoms with Crippen LogP contribution in [0.3, 0.4) is 0 Å². The molecule has 0 saturated carbocycles. The van der Waals surface area contributed by atoms with Crippen molar-refractivity contribution in [1.29, 1.82) is 0 Å². The Morgan fingerprint density at radius 2 is 2.14 bits per heavy atom. The summed E-state index contributed by atoms with van der Waals surface area (Å²) in [6.07, 6.45) is 2.02. The van der Waals surface area contributed by atoms with Crippen LogP contribution in [0.15, 0.2) is 17.5 Å². The van der Waals surface area contributed by atoms with E-state index in [1.165, 1.54) is 4.88 Å². The summed E-state index contributed by atoms with van der Waals surface area (Å²) in [5.74, 6) is 0.00512. The Balaban J connectivity index is 1.94. The van der Waals surface area contributed by atoms with Gasteiger partial charge in [-0.3, -0.25) is 9.59 Å². The maximum absolute atomic E-state index is 12.9. The fourth-order valence-electron chi connectivity index (χ4n) is 3.42. The molecule has 0 aromatic carbocycles. The maximum Gasteiger partial charge on any atom is 0.271 e. The third-order valence-electron chi connectivity index (χ3n) is 4.39. The van der Waals surface area contributed by atoms with Crippen LogP contribution in [0.1, 0.15) is 62.8 Å². The number of carbonyl (C=O) groups excluding carboxylic acids is 2. The molecule has 1 saturated heterocycles. The van der Waals surface area contributed by atoms with Gasteiger partial charge in [-0.05, 0) is 50.6 Å². The number of nitrogens with one attached hydrogen (secondary N) is 1. The molecule has 1 amide bonds. The van der Waals surface area contributed by atoms with E-state index in [-0.39, 0.29) is 17.7 Å². The van der Waals surface area contributed by atoms with E-state index in [4.69, 9.17) is 0 Å². The smallest absolute Gasteiger partial charge is 0.271 e. The van der Waals surface area contributed by atoms with E-state index in [1.807, 2.05) is 30.2 Å². The SMILES string of the molecule is CC(=O)c1c(C)[nH]c(C(=O)N2CCC[C@@H]2c2cccs2)c1C. The second kappa shape index (κ2) is 5.72. The lowest BCUT2D eigenvalue weighted by atomic mass is 10.1. The van der Waals surface area contributed by atoms with Crippen LogP contribution >= 0.6 is 11.3 Å². The van der Waals surface area contributed by atoms with Crippen molar-refractivity contribution in [3.05, 3.63) is 44.9 Å². The van der Waals surface area contributed by atoms with Gasteiger partial charge < -0.3 is 9.88 Å². The molecule has 0 radical (unpaired) electrons. The molecule has 3 rings (SSSR count). The molecule has 1 fully saturated rings. The lowest BCUT2D eigenvalue weighted by molar-refractivity contribution is 0.0731. The molecule has 0 bridgehead atoms. The monoisotopic (exact) mass is 316 g/mol. The van der Waals surface area contributed by atoms with Gasteiger partial charge in [-0.15, -0.1) is 11.3 Å². The summed E-state index contributed by atoms with van der Waals surface area (Å²) in [5.41, 5.74) is 2.76. The van der Waals surface area contributed by atoms with Crippen molar-refractivity contribution >= 4 is 23.0 Å². The summed E-state index contributed by atoms with van der Waals surface area (Å²) in [4.78, 5) is 31.0. The van der Waals surface area contributed by atoms with Crippen LogP contribution in [-0.4, -0.2) is 28.1 Å². The Morgan fingerprint density at radius 3 is 2.73 bits per heavy atom. The van der Waals surface area contributed by atoms with Crippen molar-refractivity contribution < 1.29 is 9.59 Å². The molecule has 0 spiro atoms. The molecule has 1 atom stereocenters. The predicted octanol–water partition coefficient (Wildman–Crippen LogP) is 3.87. The summed E-state index contributed by atoms with van der Waals surface area (Å²) in [6.45, 7) is 6.01. The van der Waals surface area contributed by atoms with Gasteiger partial charge >= 0.3 is 0 Å². The number of hydrogen-bond donors (Lipinski definition) is 1. The molecule has 0 unspecified atom stereocenters. The maximum atomic E-state index is 12.9. The molecule has 22 heavy (non-hydrogen) atoms. The average molecular weight is 316 g/mol. The number of aromatic nitrogens is 1. The Bertz CT molecular complexity index is 715. The fraction of sp³-hybridized carbons (Fsp3) is 0.412. The molecule has 2 aromatic rings. The second-order valence-corrected chi connectivity index (χ2v) is 6.83. The quantitative estimate of drug-likeness (QED) is 0.874. The van der Waals surface area contributed by atoms with Crippen LogP contribution in [0, 0.1) is 13.8 Å². The molecule has 1 aliphatic heterocycles. The van der Waals surface area contributed by atoms with Gasteiger partial charge in [-0.2, -0.15) is 0 Å². The Hall–Kier alpha value is -1.88. The molecule has 3 heterocycles. The van der Waals surface area contributed by atoms with E-state index < -0.39 is 0 Å². The number of amides is 1. The largest absolute Gasteiger partial charge is 0.354 e. The first-order chi connectivity index (χ1) is 10.5. The zero-order chi connectivity index (χ0) is 15.9. The van der Waals surface area contributed by atoms with Gasteiger partial charge in [0.25, 0.3) is 5.91 Å². The Labute approximate surface area is 134 Å². The molecule has 1 aliphatic rings. The van der Waals surface area contributed by atoms with Crippen molar-refractivity contribution in [2.75, 3.05) is 6.54 Å². The van der Waals surface area contributed by atoms with Crippen molar-refractivity contribution in [2.45, 2.75) is 39.7 Å². The average Bonchev–Trinajstić information content (AvgIpc) is 3.16. The molecule has 116 valence electrons. The van der Waals surface area contributed by atoms with Crippen LogP contribution in [0.4, 0.5) is 0 Å². The minimum Gasteiger partial charge on any atom is -0.354 e. The van der Waals surface area contributed by atoms with E-state index in [1.54, 1.807) is 18.3 Å². The van der Waals surface area contributed by atoms with Gasteiger partial charge in [0.1, 0.15) is 5.69 Å². The van der Waals surface area contributed by atoms with Crippen LogP contribution < -0.4 is 0 Å². The van der Waals surface area contributed by atoms with Gasteiger partial charge in [0, 0.05) is 22.7 Å². The number of H-pyrrole nitrogens is 1. The highest BCUT2D eigenvalue weighted by Gasteiger charge is 2.33. The standard InChI is InChI=1S/C17H20N2O2S/c1-10-15(12(3)20)11(2)18-16(10)17(21)19-8-4-6-13(19)14-7-5-9-22-14/h5,7,9,13,18H,4,6,8H2,1-3H3/t13-/m1/s1. The number of thiophene rings is 1. The number of hydrogen-bond acceptors (Lipinski definition) is 3. The van der Waals surface area contributed by atoms with Crippen LogP contribution in [-0.2, 0) is 0 Å². The highest BCUT2D eigenvalue weighted by molar-refractivity contribution is 7.10. The molecule has 0 aliphatic carbocycles. The van der Waals surface area contributed by atoms with Gasteiger partial charge in [0.05, 0.1) is 6.04 Å². The number of nitrogens with zero attached hydrogens (tertiary/aromatic N) is 1. The van der Waals surface area contributed by atoms with E-state index in [0.717, 1.165) is 30.6 Å². The highest BCUT2D eigenvalue weighted by Crippen LogP contribution is 2.36.